The Morgan fingerprint density at radius 3 is 2.82 bits per heavy atom. The number of pyridine rings is 1. The lowest BCUT2D eigenvalue weighted by atomic mass is 10.2. The molecule has 0 radical (unpaired) electrons. The van der Waals surface area contributed by atoms with Crippen LogP contribution in [-0.4, -0.2) is 38.4 Å². The number of furan rings is 1. The van der Waals surface area contributed by atoms with Crippen LogP contribution >= 0.6 is 15.9 Å². The highest BCUT2D eigenvalue weighted by Gasteiger charge is 2.31. The van der Waals surface area contributed by atoms with E-state index in [1.807, 2.05) is 47.4 Å². The largest absolute Gasteiger partial charge is 0.472 e. The summed E-state index contributed by atoms with van der Waals surface area (Å²) in [6.45, 7) is 1.33. The number of benzene rings is 1. The van der Waals surface area contributed by atoms with Crippen molar-refractivity contribution in [1.29, 1.82) is 0 Å². The molecule has 4 aromatic rings. The molecule has 7 heteroatoms. The number of fused-ring (bicyclic) bond motifs is 1. The normalized spacial score (nSPS) is 16.8. The monoisotopic (exact) mass is 436 g/mol. The zero-order valence-electron chi connectivity index (χ0n) is 15.0. The predicted molar refractivity (Wildman–Crippen MR) is 109 cm³/mol. The molecule has 1 atom stereocenters. The summed E-state index contributed by atoms with van der Waals surface area (Å²) in [4.78, 5) is 24.1. The minimum Gasteiger partial charge on any atom is -0.472 e. The highest BCUT2D eigenvalue weighted by molar-refractivity contribution is 9.10. The van der Waals surface area contributed by atoms with Crippen molar-refractivity contribution in [2.75, 3.05) is 13.1 Å². The molecule has 0 spiro atoms. The van der Waals surface area contributed by atoms with Gasteiger partial charge in [-0.05, 0) is 48.9 Å². The highest BCUT2D eigenvalue weighted by Crippen LogP contribution is 2.32. The van der Waals surface area contributed by atoms with E-state index >= 15 is 0 Å². The number of halogens is 1. The number of nitrogens with zero attached hydrogens (tertiary/aromatic N) is 4. The second-order valence-electron chi connectivity index (χ2n) is 6.86. The summed E-state index contributed by atoms with van der Waals surface area (Å²) in [5.41, 5.74) is 3.29. The Bertz CT molecular complexity index is 1140. The maximum atomic E-state index is 12.9. The molecule has 1 saturated heterocycles. The molecular weight excluding hydrogens is 420 g/mol. The summed E-state index contributed by atoms with van der Waals surface area (Å²) in [6.07, 6.45) is 5.97. The molecule has 28 heavy (non-hydrogen) atoms. The second-order valence-corrected chi connectivity index (χ2v) is 7.78. The van der Waals surface area contributed by atoms with Crippen LogP contribution in [0.25, 0.3) is 22.6 Å². The fourth-order valence-corrected chi connectivity index (χ4v) is 4.05. The Hall–Kier alpha value is -2.93. The standard InChI is InChI=1S/C21H17BrN4O2/c22-16-5-3-14(4-6-16)21(27)25-10-7-17(12-25)26-19(15-8-11-28-13-15)24-18-2-1-9-23-20(18)26/h1-6,8-9,11,13,17H,7,10,12H2. The Kier molecular flexibility index (Phi) is 4.24. The van der Waals surface area contributed by atoms with Crippen molar-refractivity contribution in [3.8, 4) is 11.4 Å². The molecule has 1 amide bonds. The minimum atomic E-state index is 0.0530. The molecule has 1 aromatic carbocycles. The third kappa shape index (κ3) is 2.92. The quantitative estimate of drug-likeness (QED) is 0.472. The van der Waals surface area contributed by atoms with Crippen molar-refractivity contribution < 1.29 is 9.21 Å². The second kappa shape index (κ2) is 6.91. The van der Waals surface area contributed by atoms with Gasteiger partial charge in [0.25, 0.3) is 5.91 Å². The summed E-state index contributed by atoms with van der Waals surface area (Å²) in [5, 5.41) is 0. The first-order valence-electron chi connectivity index (χ1n) is 9.11. The van der Waals surface area contributed by atoms with Crippen molar-refractivity contribution in [2.24, 2.45) is 0 Å². The summed E-state index contributed by atoms with van der Waals surface area (Å²) >= 11 is 3.41. The zero-order chi connectivity index (χ0) is 19.1. The summed E-state index contributed by atoms with van der Waals surface area (Å²) in [7, 11) is 0. The van der Waals surface area contributed by atoms with Crippen LogP contribution in [0.4, 0.5) is 0 Å². The predicted octanol–water partition coefficient (Wildman–Crippen LogP) is 4.54. The van der Waals surface area contributed by atoms with E-state index in [4.69, 9.17) is 9.40 Å². The summed E-state index contributed by atoms with van der Waals surface area (Å²) in [6, 6.07) is 13.4. The zero-order valence-corrected chi connectivity index (χ0v) is 16.5. The van der Waals surface area contributed by atoms with Crippen molar-refractivity contribution in [3.63, 3.8) is 0 Å². The number of amides is 1. The summed E-state index contributed by atoms with van der Waals surface area (Å²) < 4.78 is 8.38. The van der Waals surface area contributed by atoms with Crippen LogP contribution in [0.2, 0.25) is 0 Å². The third-order valence-corrected chi connectivity index (χ3v) is 5.66. The maximum Gasteiger partial charge on any atom is 0.253 e. The fraction of sp³-hybridized carbons (Fsp3) is 0.190. The number of likely N-dealkylation sites (tertiary alicyclic amines) is 1. The molecule has 1 aliphatic heterocycles. The average molecular weight is 437 g/mol. The Morgan fingerprint density at radius 1 is 1.18 bits per heavy atom. The van der Waals surface area contributed by atoms with E-state index in [1.54, 1.807) is 18.7 Å². The molecule has 5 rings (SSSR count). The number of aromatic nitrogens is 3. The number of hydrogen-bond donors (Lipinski definition) is 0. The molecule has 6 nitrogen and oxygen atoms in total. The van der Waals surface area contributed by atoms with Crippen molar-refractivity contribution in [1.82, 2.24) is 19.4 Å². The molecule has 0 aliphatic carbocycles. The van der Waals surface area contributed by atoms with Crippen molar-refractivity contribution >= 4 is 33.0 Å². The smallest absolute Gasteiger partial charge is 0.253 e. The lowest BCUT2D eigenvalue weighted by molar-refractivity contribution is 0.0788. The molecule has 3 aromatic heterocycles. The van der Waals surface area contributed by atoms with Crippen LogP contribution in [0.3, 0.4) is 0 Å². The van der Waals surface area contributed by atoms with Crippen LogP contribution in [0.1, 0.15) is 22.8 Å². The topological polar surface area (TPSA) is 64.2 Å². The molecule has 140 valence electrons. The van der Waals surface area contributed by atoms with E-state index in [-0.39, 0.29) is 11.9 Å². The van der Waals surface area contributed by atoms with Crippen LogP contribution in [0.15, 0.2) is 70.1 Å². The molecule has 0 saturated carbocycles. The van der Waals surface area contributed by atoms with Gasteiger partial charge in [0.15, 0.2) is 5.65 Å². The maximum absolute atomic E-state index is 12.9. The van der Waals surface area contributed by atoms with Gasteiger partial charge in [-0.2, -0.15) is 0 Å². The van der Waals surface area contributed by atoms with Gasteiger partial charge in [0.1, 0.15) is 17.6 Å². The Morgan fingerprint density at radius 2 is 2.04 bits per heavy atom. The van der Waals surface area contributed by atoms with Gasteiger partial charge in [-0.15, -0.1) is 0 Å². The van der Waals surface area contributed by atoms with Gasteiger partial charge in [-0.25, -0.2) is 9.97 Å². The van der Waals surface area contributed by atoms with Gasteiger partial charge in [0, 0.05) is 29.3 Å². The van der Waals surface area contributed by atoms with Gasteiger partial charge in [-0.3, -0.25) is 4.79 Å². The third-order valence-electron chi connectivity index (χ3n) is 5.14. The Balaban J connectivity index is 1.49. The number of carbonyl (C=O) groups excluding carboxylic acids is 1. The number of hydrogen-bond acceptors (Lipinski definition) is 4. The van der Waals surface area contributed by atoms with Gasteiger partial charge >= 0.3 is 0 Å². The SMILES string of the molecule is O=C(c1ccc(Br)cc1)N1CCC(n2c(-c3ccoc3)nc3cccnc32)C1. The molecule has 1 aliphatic rings. The number of carbonyl (C=O) groups is 1. The molecule has 0 bridgehead atoms. The average Bonchev–Trinajstić information content (AvgIpc) is 3.46. The van der Waals surface area contributed by atoms with Crippen molar-refractivity contribution in [3.05, 3.63) is 71.2 Å². The first-order valence-corrected chi connectivity index (χ1v) is 9.90. The van der Waals surface area contributed by atoms with E-state index in [0.717, 1.165) is 33.4 Å². The lowest BCUT2D eigenvalue weighted by Crippen LogP contribution is -2.29. The van der Waals surface area contributed by atoms with Crippen LogP contribution in [0, 0.1) is 0 Å². The van der Waals surface area contributed by atoms with E-state index in [0.29, 0.717) is 18.7 Å². The van der Waals surface area contributed by atoms with E-state index in [1.165, 1.54) is 0 Å². The molecule has 1 unspecified atom stereocenters. The fourth-order valence-electron chi connectivity index (χ4n) is 3.78. The molecule has 4 heterocycles. The van der Waals surface area contributed by atoms with E-state index in [9.17, 15) is 4.79 Å². The van der Waals surface area contributed by atoms with Gasteiger partial charge in [0.05, 0.1) is 17.9 Å². The summed E-state index contributed by atoms with van der Waals surface area (Å²) in [5.74, 6) is 0.877. The number of rotatable bonds is 3. The molecule has 1 fully saturated rings. The van der Waals surface area contributed by atoms with Gasteiger partial charge in [0.2, 0.25) is 0 Å². The number of imidazole rings is 1. The first-order chi connectivity index (χ1) is 13.7. The van der Waals surface area contributed by atoms with Crippen LogP contribution in [0.5, 0.6) is 0 Å². The molecule has 0 N–H and O–H groups in total. The van der Waals surface area contributed by atoms with Crippen LogP contribution < -0.4 is 0 Å². The van der Waals surface area contributed by atoms with Gasteiger partial charge < -0.3 is 13.9 Å². The molecular formula is C21H17BrN4O2. The highest BCUT2D eigenvalue weighted by atomic mass is 79.9. The van der Waals surface area contributed by atoms with Crippen molar-refractivity contribution in [2.45, 2.75) is 12.5 Å². The lowest BCUT2D eigenvalue weighted by Gasteiger charge is -2.18. The Labute approximate surface area is 169 Å². The van der Waals surface area contributed by atoms with E-state index in [2.05, 4.69) is 25.5 Å². The van der Waals surface area contributed by atoms with E-state index < -0.39 is 0 Å². The first kappa shape index (κ1) is 17.2. The van der Waals surface area contributed by atoms with Gasteiger partial charge in [-0.1, -0.05) is 15.9 Å². The van der Waals surface area contributed by atoms with Crippen LogP contribution in [-0.2, 0) is 0 Å². The minimum absolute atomic E-state index is 0.0530.